The first-order valence-corrected chi connectivity index (χ1v) is 6.46. The van der Waals surface area contributed by atoms with Crippen molar-refractivity contribution in [1.29, 1.82) is 0 Å². The molecule has 15 heavy (non-hydrogen) atoms. The third kappa shape index (κ3) is 3.98. The maximum absolute atomic E-state index is 6.05. The summed E-state index contributed by atoms with van der Waals surface area (Å²) in [7, 11) is 0. The van der Waals surface area contributed by atoms with Gasteiger partial charge in [-0.1, -0.05) is 38.3 Å². The van der Waals surface area contributed by atoms with Gasteiger partial charge in [-0.25, -0.2) is 0 Å². The Morgan fingerprint density at radius 1 is 1.33 bits per heavy atom. The molecular weight excluding hydrogens is 184 g/mol. The zero-order valence-corrected chi connectivity index (χ0v) is 10.6. The molecule has 1 rings (SSSR count). The van der Waals surface area contributed by atoms with Crippen LogP contribution in [0.5, 0.6) is 0 Å². The van der Waals surface area contributed by atoms with E-state index in [1.54, 1.807) is 0 Å². The van der Waals surface area contributed by atoms with Crippen LogP contribution in [0.1, 0.15) is 59.3 Å². The quantitative estimate of drug-likeness (QED) is 0.485. The first-order valence-electron chi connectivity index (χ1n) is 6.46. The lowest BCUT2D eigenvalue weighted by Gasteiger charge is -2.36. The van der Waals surface area contributed by atoms with Crippen LogP contribution < -0.4 is 0 Å². The largest absolute Gasteiger partial charge is 0.375 e. The van der Waals surface area contributed by atoms with Gasteiger partial charge in [0.1, 0.15) is 0 Å². The Kier molecular flexibility index (Phi) is 5.38. The van der Waals surface area contributed by atoms with E-state index in [9.17, 15) is 0 Å². The van der Waals surface area contributed by atoms with Crippen LogP contribution in [0.4, 0.5) is 0 Å². The smallest absolute Gasteiger partial charge is 0.0643 e. The fraction of sp³-hybridized carbons (Fsp3) is 0.857. The molecule has 88 valence electrons. The highest BCUT2D eigenvalue weighted by Crippen LogP contribution is 2.32. The number of ether oxygens (including phenoxy) is 1. The van der Waals surface area contributed by atoms with Crippen molar-refractivity contribution in [3.05, 3.63) is 12.2 Å². The minimum atomic E-state index is 0.442. The van der Waals surface area contributed by atoms with E-state index < -0.39 is 0 Å². The zero-order chi connectivity index (χ0) is 11.3. The fourth-order valence-corrected chi connectivity index (χ4v) is 2.49. The Hall–Kier alpha value is -0.300. The molecule has 0 amide bonds. The summed E-state index contributed by atoms with van der Waals surface area (Å²) < 4.78 is 6.05. The Bertz CT molecular complexity index is 198. The molecule has 0 unspecified atom stereocenters. The van der Waals surface area contributed by atoms with Gasteiger partial charge in [-0.2, -0.15) is 0 Å². The Balaban J connectivity index is 2.43. The van der Waals surface area contributed by atoms with Crippen LogP contribution >= 0.6 is 0 Å². The molecule has 1 nitrogen and oxygen atoms in total. The lowest BCUT2D eigenvalue weighted by molar-refractivity contribution is -0.0691. The molecule has 3 atom stereocenters. The van der Waals surface area contributed by atoms with Crippen LogP contribution in [0.25, 0.3) is 0 Å². The summed E-state index contributed by atoms with van der Waals surface area (Å²) in [5.41, 5.74) is 1.31. The fourth-order valence-electron chi connectivity index (χ4n) is 2.49. The van der Waals surface area contributed by atoms with Gasteiger partial charge in [0, 0.05) is 5.92 Å². The molecule has 0 N–H and O–H groups in total. The molecule has 1 fully saturated rings. The summed E-state index contributed by atoms with van der Waals surface area (Å²) in [4.78, 5) is 0. The first-order chi connectivity index (χ1) is 7.15. The molecule has 0 radical (unpaired) electrons. The van der Waals surface area contributed by atoms with Gasteiger partial charge in [0.15, 0.2) is 0 Å². The van der Waals surface area contributed by atoms with Crippen LogP contribution in [0.15, 0.2) is 12.2 Å². The second-order valence-electron chi connectivity index (χ2n) is 5.01. The van der Waals surface area contributed by atoms with E-state index in [0.29, 0.717) is 18.1 Å². The summed E-state index contributed by atoms with van der Waals surface area (Å²) in [6.07, 6.45) is 8.50. The highest BCUT2D eigenvalue weighted by Gasteiger charge is 2.29. The molecule has 0 spiro atoms. The molecular formula is C14H26O. The van der Waals surface area contributed by atoms with Crippen molar-refractivity contribution in [2.24, 2.45) is 5.92 Å². The molecule has 1 aliphatic rings. The standard InChI is InChI=1S/C14H26O/c1-5-6-7-8-14-13(11(2)3)10-9-12(4)15-14/h12-14H,2,5-10H2,1,3-4H3/t12-,13+,14+/m1/s1. The Morgan fingerprint density at radius 3 is 2.67 bits per heavy atom. The van der Waals surface area contributed by atoms with Crippen LogP contribution in [-0.4, -0.2) is 12.2 Å². The second-order valence-corrected chi connectivity index (χ2v) is 5.01. The molecule has 0 saturated carbocycles. The van der Waals surface area contributed by atoms with E-state index in [0.717, 1.165) is 0 Å². The van der Waals surface area contributed by atoms with Gasteiger partial charge in [0.2, 0.25) is 0 Å². The van der Waals surface area contributed by atoms with E-state index in [4.69, 9.17) is 4.74 Å². The summed E-state index contributed by atoms with van der Waals surface area (Å²) in [5.74, 6) is 0.609. The monoisotopic (exact) mass is 210 g/mol. The molecule has 1 aliphatic heterocycles. The molecule has 1 saturated heterocycles. The Labute approximate surface area is 94.9 Å². The first kappa shape index (κ1) is 12.8. The van der Waals surface area contributed by atoms with Crippen molar-refractivity contribution in [2.45, 2.75) is 71.5 Å². The number of hydrogen-bond acceptors (Lipinski definition) is 1. The van der Waals surface area contributed by atoms with Crippen molar-refractivity contribution in [2.75, 3.05) is 0 Å². The molecule has 0 aliphatic carbocycles. The van der Waals surface area contributed by atoms with Crippen LogP contribution in [-0.2, 0) is 4.74 Å². The maximum Gasteiger partial charge on any atom is 0.0643 e. The van der Waals surface area contributed by atoms with Crippen molar-refractivity contribution in [1.82, 2.24) is 0 Å². The highest BCUT2D eigenvalue weighted by molar-refractivity contribution is 5.01. The van der Waals surface area contributed by atoms with Crippen LogP contribution in [0.2, 0.25) is 0 Å². The number of hydrogen-bond donors (Lipinski definition) is 0. The maximum atomic E-state index is 6.05. The second kappa shape index (κ2) is 6.32. The van der Waals surface area contributed by atoms with Gasteiger partial charge in [-0.05, 0) is 33.1 Å². The zero-order valence-electron chi connectivity index (χ0n) is 10.6. The topological polar surface area (TPSA) is 9.23 Å². The number of rotatable bonds is 5. The predicted octanol–water partition coefficient (Wildman–Crippen LogP) is 4.33. The number of unbranched alkanes of at least 4 members (excludes halogenated alkanes) is 2. The summed E-state index contributed by atoms with van der Waals surface area (Å²) in [5, 5.41) is 0. The average Bonchev–Trinajstić information content (AvgIpc) is 2.18. The molecule has 0 aromatic heterocycles. The van der Waals surface area contributed by atoms with Gasteiger partial charge < -0.3 is 4.74 Å². The predicted molar refractivity (Wildman–Crippen MR) is 66.0 cm³/mol. The van der Waals surface area contributed by atoms with Crippen molar-refractivity contribution in [3.63, 3.8) is 0 Å². The summed E-state index contributed by atoms with van der Waals surface area (Å²) in [6.45, 7) is 10.7. The van der Waals surface area contributed by atoms with Gasteiger partial charge in [-0.15, -0.1) is 0 Å². The van der Waals surface area contributed by atoms with Crippen molar-refractivity contribution < 1.29 is 4.74 Å². The van der Waals surface area contributed by atoms with E-state index in [-0.39, 0.29) is 0 Å². The normalized spacial score (nSPS) is 31.5. The van der Waals surface area contributed by atoms with Crippen molar-refractivity contribution >= 4 is 0 Å². The van der Waals surface area contributed by atoms with Crippen molar-refractivity contribution in [3.8, 4) is 0 Å². The van der Waals surface area contributed by atoms with Crippen LogP contribution in [0, 0.1) is 5.92 Å². The van der Waals surface area contributed by atoms with E-state index in [1.165, 1.54) is 44.1 Å². The van der Waals surface area contributed by atoms with Crippen LogP contribution in [0.3, 0.4) is 0 Å². The lowest BCUT2D eigenvalue weighted by atomic mass is 9.84. The van der Waals surface area contributed by atoms with E-state index >= 15 is 0 Å². The van der Waals surface area contributed by atoms with Gasteiger partial charge in [0.05, 0.1) is 12.2 Å². The SMILES string of the molecule is C=C(C)[C@@H]1CC[C@@H](C)O[C@H]1CCCCC. The molecule has 0 bridgehead atoms. The Morgan fingerprint density at radius 2 is 2.07 bits per heavy atom. The molecule has 0 aromatic carbocycles. The third-order valence-electron chi connectivity index (χ3n) is 3.47. The summed E-state index contributed by atoms with van der Waals surface area (Å²) >= 11 is 0. The lowest BCUT2D eigenvalue weighted by Crippen LogP contribution is -2.34. The van der Waals surface area contributed by atoms with E-state index in [1.807, 2.05) is 0 Å². The van der Waals surface area contributed by atoms with Gasteiger partial charge in [-0.3, -0.25) is 0 Å². The average molecular weight is 210 g/mol. The molecule has 0 aromatic rings. The molecule has 1 heteroatoms. The molecule has 1 heterocycles. The highest BCUT2D eigenvalue weighted by atomic mass is 16.5. The summed E-state index contributed by atoms with van der Waals surface area (Å²) in [6, 6.07) is 0. The van der Waals surface area contributed by atoms with Gasteiger partial charge in [0.25, 0.3) is 0 Å². The van der Waals surface area contributed by atoms with E-state index in [2.05, 4.69) is 27.4 Å². The van der Waals surface area contributed by atoms with Gasteiger partial charge >= 0.3 is 0 Å². The third-order valence-corrected chi connectivity index (χ3v) is 3.47. The minimum Gasteiger partial charge on any atom is -0.375 e. The minimum absolute atomic E-state index is 0.442.